The SMILES string of the molecule is CCCNCC(C(C)C)N1CCOCC1CC. The van der Waals surface area contributed by atoms with E-state index in [2.05, 4.69) is 37.9 Å². The maximum atomic E-state index is 5.60. The summed E-state index contributed by atoms with van der Waals surface area (Å²) in [5, 5.41) is 3.58. The minimum atomic E-state index is 0.611. The van der Waals surface area contributed by atoms with Crippen LogP contribution in [-0.2, 0) is 4.74 Å². The Balaban J connectivity index is 2.54. The van der Waals surface area contributed by atoms with Crippen molar-refractivity contribution in [1.29, 1.82) is 0 Å². The Morgan fingerprint density at radius 1 is 1.35 bits per heavy atom. The predicted octanol–water partition coefficient (Wildman–Crippen LogP) is 2.12. The van der Waals surface area contributed by atoms with Gasteiger partial charge in [-0.3, -0.25) is 4.90 Å². The van der Waals surface area contributed by atoms with Crippen LogP contribution >= 0.6 is 0 Å². The lowest BCUT2D eigenvalue weighted by Gasteiger charge is -2.42. The maximum absolute atomic E-state index is 5.60. The summed E-state index contributed by atoms with van der Waals surface area (Å²) in [5.41, 5.74) is 0. The molecule has 1 fully saturated rings. The standard InChI is InChI=1S/C14H30N2O/c1-5-7-15-10-14(12(3)4)16-8-9-17-11-13(16)6-2/h12-15H,5-11H2,1-4H3. The highest BCUT2D eigenvalue weighted by molar-refractivity contribution is 4.84. The Hall–Kier alpha value is -0.120. The zero-order valence-electron chi connectivity index (χ0n) is 12.0. The molecule has 0 amide bonds. The Morgan fingerprint density at radius 3 is 2.71 bits per heavy atom. The number of nitrogens with zero attached hydrogens (tertiary/aromatic N) is 1. The van der Waals surface area contributed by atoms with Gasteiger partial charge >= 0.3 is 0 Å². The lowest BCUT2D eigenvalue weighted by atomic mass is 9.99. The van der Waals surface area contributed by atoms with Crippen molar-refractivity contribution in [2.75, 3.05) is 32.8 Å². The van der Waals surface area contributed by atoms with Gasteiger partial charge in [-0.15, -0.1) is 0 Å². The van der Waals surface area contributed by atoms with Crippen molar-refractivity contribution in [2.24, 2.45) is 5.92 Å². The third-order valence-electron chi connectivity index (χ3n) is 3.72. The highest BCUT2D eigenvalue weighted by atomic mass is 16.5. The van der Waals surface area contributed by atoms with Crippen molar-refractivity contribution in [3.8, 4) is 0 Å². The Labute approximate surface area is 107 Å². The van der Waals surface area contributed by atoms with Gasteiger partial charge in [0.25, 0.3) is 0 Å². The van der Waals surface area contributed by atoms with Gasteiger partial charge in [-0.05, 0) is 25.3 Å². The molecule has 2 unspecified atom stereocenters. The van der Waals surface area contributed by atoms with Gasteiger partial charge in [0.05, 0.1) is 13.2 Å². The molecule has 0 saturated carbocycles. The molecule has 2 atom stereocenters. The van der Waals surface area contributed by atoms with Gasteiger partial charge in [-0.25, -0.2) is 0 Å². The number of morpholine rings is 1. The Bertz CT molecular complexity index is 197. The van der Waals surface area contributed by atoms with Gasteiger partial charge in [0.15, 0.2) is 0 Å². The number of rotatable bonds is 7. The van der Waals surface area contributed by atoms with Crippen LogP contribution in [0.25, 0.3) is 0 Å². The van der Waals surface area contributed by atoms with E-state index in [1.165, 1.54) is 12.8 Å². The Morgan fingerprint density at radius 2 is 2.12 bits per heavy atom. The molecule has 0 aromatic heterocycles. The number of ether oxygens (including phenoxy) is 1. The molecule has 1 rings (SSSR count). The fourth-order valence-corrected chi connectivity index (χ4v) is 2.62. The zero-order chi connectivity index (χ0) is 12.7. The molecule has 3 heteroatoms. The molecule has 0 aromatic carbocycles. The molecule has 1 aliphatic rings. The lowest BCUT2D eigenvalue weighted by molar-refractivity contribution is -0.0389. The molecule has 1 saturated heterocycles. The number of hydrogen-bond donors (Lipinski definition) is 1. The van der Waals surface area contributed by atoms with Crippen molar-refractivity contribution in [2.45, 2.75) is 52.6 Å². The van der Waals surface area contributed by atoms with Gasteiger partial charge in [0, 0.05) is 25.2 Å². The van der Waals surface area contributed by atoms with Gasteiger partial charge in [-0.2, -0.15) is 0 Å². The average Bonchev–Trinajstić information content (AvgIpc) is 2.34. The molecule has 1 heterocycles. The lowest BCUT2D eigenvalue weighted by Crippen LogP contribution is -2.55. The smallest absolute Gasteiger partial charge is 0.0622 e. The van der Waals surface area contributed by atoms with Gasteiger partial charge in [0.2, 0.25) is 0 Å². The molecular formula is C14H30N2O. The summed E-state index contributed by atoms with van der Waals surface area (Å²) in [5.74, 6) is 0.700. The van der Waals surface area contributed by atoms with Crippen LogP contribution in [0.5, 0.6) is 0 Å². The summed E-state index contributed by atoms with van der Waals surface area (Å²) in [6.45, 7) is 14.3. The quantitative estimate of drug-likeness (QED) is 0.692. The van der Waals surface area contributed by atoms with Gasteiger partial charge in [0.1, 0.15) is 0 Å². The summed E-state index contributed by atoms with van der Waals surface area (Å²) < 4.78 is 5.60. The fourth-order valence-electron chi connectivity index (χ4n) is 2.62. The first-order chi connectivity index (χ1) is 8.20. The minimum absolute atomic E-state index is 0.611. The molecule has 0 aromatic rings. The third-order valence-corrected chi connectivity index (χ3v) is 3.72. The van der Waals surface area contributed by atoms with Gasteiger partial charge < -0.3 is 10.1 Å². The second-order valence-corrected chi connectivity index (χ2v) is 5.39. The van der Waals surface area contributed by atoms with Crippen molar-refractivity contribution in [3.63, 3.8) is 0 Å². The predicted molar refractivity (Wildman–Crippen MR) is 73.4 cm³/mol. The van der Waals surface area contributed by atoms with E-state index in [0.29, 0.717) is 18.0 Å². The Kier molecular flexibility index (Phi) is 7.09. The van der Waals surface area contributed by atoms with Crippen LogP contribution in [0.3, 0.4) is 0 Å². The van der Waals surface area contributed by atoms with Crippen LogP contribution in [0, 0.1) is 5.92 Å². The highest BCUT2D eigenvalue weighted by Crippen LogP contribution is 2.18. The van der Waals surface area contributed by atoms with Crippen LogP contribution in [0.15, 0.2) is 0 Å². The van der Waals surface area contributed by atoms with E-state index in [0.717, 1.165) is 32.8 Å². The molecular weight excluding hydrogens is 212 g/mol. The molecule has 1 N–H and O–H groups in total. The summed E-state index contributed by atoms with van der Waals surface area (Å²) >= 11 is 0. The molecule has 102 valence electrons. The largest absolute Gasteiger partial charge is 0.378 e. The molecule has 17 heavy (non-hydrogen) atoms. The molecule has 3 nitrogen and oxygen atoms in total. The normalized spacial score (nSPS) is 24.2. The molecule has 1 aliphatic heterocycles. The van der Waals surface area contributed by atoms with E-state index in [4.69, 9.17) is 4.74 Å². The second kappa shape index (κ2) is 8.06. The van der Waals surface area contributed by atoms with Crippen molar-refractivity contribution in [3.05, 3.63) is 0 Å². The molecule has 0 bridgehead atoms. The van der Waals surface area contributed by atoms with Crippen molar-refractivity contribution in [1.82, 2.24) is 10.2 Å². The van der Waals surface area contributed by atoms with Crippen LogP contribution in [0.1, 0.15) is 40.5 Å². The number of nitrogens with one attached hydrogen (secondary N) is 1. The van der Waals surface area contributed by atoms with Crippen LogP contribution in [0.4, 0.5) is 0 Å². The van der Waals surface area contributed by atoms with Crippen LogP contribution in [-0.4, -0.2) is 49.8 Å². The van der Waals surface area contributed by atoms with Crippen LogP contribution in [0.2, 0.25) is 0 Å². The summed E-state index contributed by atoms with van der Waals surface area (Å²) in [7, 11) is 0. The van der Waals surface area contributed by atoms with Gasteiger partial charge in [-0.1, -0.05) is 27.7 Å². The average molecular weight is 242 g/mol. The minimum Gasteiger partial charge on any atom is -0.378 e. The van der Waals surface area contributed by atoms with E-state index < -0.39 is 0 Å². The molecule has 0 radical (unpaired) electrons. The van der Waals surface area contributed by atoms with Crippen molar-refractivity contribution >= 4 is 0 Å². The molecule has 0 spiro atoms. The fraction of sp³-hybridized carbons (Fsp3) is 1.00. The van der Waals surface area contributed by atoms with E-state index >= 15 is 0 Å². The topological polar surface area (TPSA) is 24.5 Å². The van der Waals surface area contributed by atoms with Crippen LogP contribution < -0.4 is 5.32 Å². The van der Waals surface area contributed by atoms with E-state index in [1.807, 2.05) is 0 Å². The van der Waals surface area contributed by atoms with E-state index in [9.17, 15) is 0 Å². The first-order valence-corrected chi connectivity index (χ1v) is 7.24. The third kappa shape index (κ3) is 4.57. The summed E-state index contributed by atoms with van der Waals surface area (Å²) in [6, 6.07) is 1.26. The zero-order valence-corrected chi connectivity index (χ0v) is 12.0. The van der Waals surface area contributed by atoms with Crippen molar-refractivity contribution < 1.29 is 4.74 Å². The summed E-state index contributed by atoms with van der Waals surface area (Å²) in [4.78, 5) is 2.66. The van der Waals surface area contributed by atoms with E-state index in [-0.39, 0.29) is 0 Å². The first kappa shape index (κ1) is 14.9. The highest BCUT2D eigenvalue weighted by Gasteiger charge is 2.29. The summed E-state index contributed by atoms with van der Waals surface area (Å²) in [6.07, 6.45) is 2.40. The number of hydrogen-bond acceptors (Lipinski definition) is 3. The maximum Gasteiger partial charge on any atom is 0.0622 e. The monoisotopic (exact) mass is 242 g/mol. The second-order valence-electron chi connectivity index (χ2n) is 5.39. The molecule has 0 aliphatic carbocycles. The first-order valence-electron chi connectivity index (χ1n) is 7.24. The van der Waals surface area contributed by atoms with E-state index in [1.54, 1.807) is 0 Å².